The third kappa shape index (κ3) is 4.28. The largest absolute Gasteiger partial charge is 0.493 e. The van der Waals surface area contributed by atoms with E-state index in [4.69, 9.17) is 23.9 Å². The minimum absolute atomic E-state index is 0.250. The van der Waals surface area contributed by atoms with Gasteiger partial charge < -0.3 is 23.7 Å². The van der Waals surface area contributed by atoms with E-state index in [2.05, 4.69) is 14.7 Å². The zero-order chi connectivity index (χ0) is 20.0. The Labute approximate surface area is 157 Å². The molecule has 0 atom stereocenters. The van der Waals surface area contributed by atoms with E-state index in [-0.39, 0.29) is 6.47 Å². The molecule has 8 heteroatoms. The average molecular weight is 373 g/mol. The summed E-state index contributed by atoms with van der Waals surface area (Å²) in [7, 11) is 3.27. The van der Waals surface area contributed by atoms with Crippen molar-refractivity contribution < 1.29 is 23.9 Å². The molecule has 0 amide bonds. The van der Waals surface area contributed by atoms with Crippen molar-refractivity contribution in [3.05, 3.63) is 47.1 Å². The molecule has 27 heavy (non-hydrogen) atoms. The lowest BCUT2D eigenvalue weighted by atomic mass is 10.1. The number of imidazole rings is 1. The summed E-state index contributed by atoms with van der Waals surface area (Å²) in [5.41, 5.74) is 3.93. The number of rotatable bonds is 5. The molecule has 0 aliphatic carbocycles. The molecule has 0 unspecified atom stereocenters. The van der Waals surface area contributed by atoms with Gasteiger partial charge in [-0.2, -0.15) is 0 Å². The Balaban J connectivity index is 0.000000817. The molecule has 1 N–H and O–H groups in total. The summed E-state index contributed by atoms with van der Waals surface area (Å²) in [6.45, 7) is 6.27. The zero-order valence-electron chi connectivity index (χ0n) is 16.0. The van der Waals surface area contributed by atoms with Gasteiger partial charge in [0.1, 0.15) is 11.6 Å². The fourth-order valence-corrected chi connectivity index (χ4v) is 2.85. The van der Waals surface area contributed by atoms with Gasteiger partial charge in [-0.25, -0.2) is 4.98 Å². The highest BCUT2D eigenvalue weighted by atomic mass is 16.5. The van der Waals surface area contributed by atoms with Crippen molar-refractivity contribution in [2.75, 3.05) is 14.2 Å². The number of aryl methyl sites for hydroxylation is 3. The Morgan fingerprint density at radius 3 is 2.48 bits per heavy atom. The molecule has 0 aliphatic rings. The minimum Gasteiger partial charge on any atom is -0.493 e. The molecule has 0 aliphatic heterocycles. The van der Waals surface area contributed by atoms with Gasteiger partial charge in [-0.3, -0.25) is 4.79 Å². The number of methoxy groups -OCH3 is 2. The van der Waals surface area contributed by atoms with Gasteiger partial charge in [0.25, 0.3) is 6.47 Å². The van der Waals surface area contributed by atoms with E-state index >= 15 is 0 Å². The van der Waals surface area contributed by atoms with E-state index in [1.807, 2.05) is 39.1 Å². The summed E-state index contributed by atoms with van der Waals surface area (Å²) in [5.74, 6) is 3.00. The van der Waals surface area contributed by atoms with Crippen molar-refractivity contribution in [1.29, 1.82) is 0 Å². The topological polar surface area (TPSA) is 99.6 Å². The Bertz CT molecular complexity index is 895. The molecule has 1 aromatic carbocycles. The maximum Gasteiger partial charge on any atom is 0.290 e. The Morgan fingerprint density at radius 2 is 1.93 bits per heavy atom. The summed E-state index contributed by atoms with van der Waals surface area (Å²) >= 11 is 0. The molecule has 0 fully saturated rings. The Hall–Kier alpha value is -3.29. The van der Waals surface area contributed by atoms with Crippen LogP contribution >= 0.6 is 0 Å². The first-order valence-electron chi connectivity index (χ1n) is 8.20. The van der Waals surface area contributed by atoms with Gasteiger partial charge in [0.05, 0.1) is 32.0 Å². The second-order valence-electron chi connectivity index (χ2n) is 5.83. The highest BCUT2D eigenvalue weighted by Gasteiger charge is 2.18. The molecule has 3 aromatic rings. The van der Waals surface area contributed by atoms with Crippen molar-refractivity contribution in [1.82, 2.24) is 14.7 Å². The minimum atomic E-state index is -0.250. The summed E-state index contributed by atoms with van der Waals surface area (Å²) < 4.78 is 18.3. The van der Waals surface area contributed by atoms with Gasteiger partial charge in [0, 0.05) is 18.0 Å². The highest BCUT2D eigenvalue weighted by Crippen LogP contribution is 2.38. The number of aromatic nitrogens is 3. The van der Waals surface area contributed by atoms with Crippen molar-refractivity contribution in [2.24, 2.45) is 0 Å². The maximum atomic E-state index is 8.36. The molecule has 0 saturated heterocycles. The average Bonchev–Trinajstić information content (AvgIpc) is 3.23. The van der Waals surface area contributed by atoms with Gasteiger partial charge in [-0.15, -0.1) is 0 Å². The molecular weight excluding hydrogens is 350 g/mol. The zero-order valence-corrected chi connectivity index (χ0v) is 16.0. The molecule has 0 radical (unpaired) electrons. The number of carbonyl (C=O) groups is 1. The van der Waals surface area contributed by atoms with Crippen molar-refractivity contribution in [2.45, 2.75) is 27.3 Å². The standard InChI is InChI=1S/C18H21N3O3.CH2O2/c1-11-8-14(17(23-5)16(9-11)22-4)18-19-6-7-21(18)10-15-12(2)20-24-13(15)3;2-1-3/h6-9H,10H2,1-5H3;1H,(H,2,3). The fourth-order valence-electron chi connectivity index (χ4n) is 2.85. The van der Waals surface area contributed by atoms with Crippen molar-refractivity contribution in [3.63, 3.8) is 0 Å². The van der Waals surface area contributed by atoms with Crippen LogP contribution in [0.5, 0.6) is 11.5 Å². The van der Waals surface area contributed by atoms with E-state index in [0.717, 1.165) is 34.0 Å². The Kier molecular flexibility index (Phi) is 6.59. The lowest BCUT2D eigenvalue weighted by molar-refractivity contribution is -0.122. The maximum absolute atomic E-state index is 8.36. The highest BCUT2D eigenvalue weighted by molar-refractivity contribution is 5.70. The van der Waals surface area contributed by atoms with Crippen molar-refractivity contribution in [3.8, 4) is 22.9 Å². The molecule has 0 bridgehead atoms. The Morgan fingerprint density at radius 1 is 1.22 bits per heavy atom. The molecule has 8 nitrogen and oxygen atoms in total. The quantitative estimate of drug-likeness (QED) is 0.685. The fraction of sp³-hybridized carbons (Fsp3) is 0.316. The normalized spacial score (nSPS) is 10.1. The van der Waals surface area contributed by atoms with Gasteiger partial charge >= 0.3 is 0 Å². The first-order valence-corrected chi connectivity index (χ1v) is 8.20. The van der Waals surface area contributed by atoms with Gasteiger partial charge in [-0.05, 0) is 38.5 Å². The van der Waals surface area contributed by atoms with Crippen molar-refractivity contribution >= 4 is 6.47 Å². The SMILES string of the molecule is COc1cc(C)cc(-c2nccn2Cc2c(C)noc2C)c1OC.O=CO. The third-order valence-corrected chi connectivity index (χ3v) is 4.09. The van der Waals surface area contributed by atoms with E-state index in [1.165, 1.54) is 0 Å². The third-order valence-electron chi connectivity index (χ3n) is 4.09. The summed E-state index contributed by atoms with van der Waals surface area (Å²) in [6, 6.07) is 4.00. The van der Waals surface area contributed by atoms with E-state index in [0.29, 0.717) is 18.0 Å². The number of carboxylic acid groups (broad SMARTS) is 1. The second-order valence-corrected chi connectivity index (χ2v) is 5.83. The predicted molar refractivity (Wildman–Crippen MR) is 99.3 cm³/mol. The number of ether oxygens (including phenoxy) is 2. The van der Waals surface area contributed by atoms with Crippen LogP contribution in [-0.2, 0) is 11.3 Å². The summed E-state index contributed by atoms with van der Waals surface area (Å²) in [6.07, 6.45) is 3.72. The molecule has 2 heterocycles. The summed E-state index contributed by atoms with van der Waals surface area (Å²) in [5, 5.41) is 10.9. The lowest BCUT2D eigenvalue weighted by Gasteiger charge is -2.15. The van der Waals surface area contributed by atoms with E-state index in [1.54, 1.807) is 20.4 Å². The van der Waals surface area contributed by atoms with Crippen LogP contribution in [0.2, 0.25) is 0 Å². The first kappa shape index (κ1) is 20.0. The predicted octanol–water partition coefficient (Wildman–Crippen LogP) is 3.23. The van der Waals surface area contributed by atoms with Crippen LogP contribution in [0.15, 0.2) is 29.0 Å². The van der Waals surface area contributed by atoms with Gasteiger partial charge in [-0.1, -0.05) is 5.16 Å². The number of hydrogen-bond donors (Lipinski definition) is 1. The smallest absolute Gasteiger partial charge is 0.290 e. The van der Waals surface area contributed by atoms with E-state index < -0.39 is 0 Å². The van der Waals surface area contributed by atoms with Crippen LogP contribution < -0.4 is 9.47 Å². The monoisotopic (exact) mass is 373 g/mol. The molecule has 3 rings (SSSR count). The van der Waals surface area contributed by atoms with E-state index in [9.17, 15) is 0 Å². The lowest BCUT2D eigenvalue weighted by Crippen LogP contribution is -2.04. The van der Waals surface area contributed by atoms with Crippen LogP contribution in [-0.4, -0.2) is 40.5 Å². The van der Waals surface area contributed by atoms with Crippen LogP contribution in [0.3, 0.4) is 0 Å². The van der Waals surface area contributed by atoms with Gasteiger partial charge in [0.2, 0.25) is 0 Å². The summed E-state index contributed by atoms with van der Waals surface area (Å²) in [4.78, 5) is 12.9. The van der Waals surface area contributed by atoms with Crippen LogP contribution in [0, 0.1) is 20.8 Å². The van der Waals surface area contributed by atoms with Crippen LogP contribution in [0.4, 0.5) is 0 Å². The van der Waals surface area contributed by atoms with Crippen LogP contribution in [0.25, 0.3) is 11.4 Å². The van der Waals surface area contributed by atoms with Gasteiger partial charge in [0.15, 0.2) is 11.5 Å². The molecule has 144 valence electrons. The van der Waals surface area contributed by atoms with Crippen LogP contribution in [0.1, 0.15) is 22.6 Å². The molecule has 2 aromatic heterocycles. The molecule has 0 spiro atoms. The number of nitrogens with zero attached hydrogens (tertiary/aromatic N) is 3. The number of benzene rings is 1. The first-order chi connectivity index (χ1) is 13.0. The molecule has 0 saturated carbocycles. The number of hydrogen-bond acceptors (Lipinski definition) is 6. The second kappa shape index (κ2) is 8.88. The molecular formula is C19H23N3O5.